The molecule has 156 valence electrons. The number of benzene rings is 2. The molecule has 2 aromatic carbocycles. The summed E-state index contributed by atoms with van der Waals surface area (Å²) >= 11 is 12.5. The van der Waals surface area contributed by atoms with Gasteiger partial charge in [-0.1, -0.05) is 48.3 Å². The molecule has 0 bridgehead atoms. The maximum atomic E-state index is 13.3. The molecule has 0 radical (unpaired) electrons. The van der Waals surface area contributed by atoms with Crippen LogP contribution in [0.25, 0.3) is 0 Å². The van der Waals surface area contributed by atoms with E-state index in [1.165, 1.54) is 0 Å². The van der Waals surface area contributed by atoms with E-state index in [-0.39, 0.29) is 24.8 Å². The Kier molecular flexibility index (Phi) is 8.80. The molecule has 5 nitrogen and oxygen atoms in total. The summed E-state index contributed by atoms with van der Waals surface area (Å²) in [6, 6.07) is 12.0. The number of ether oxygens (including phenoxy) is 1. The van der Waals surface area contributed by atoms with Gasteiger partial charge >= 0.3 is 0 Å². The molecule has 0 aliphatic heterocycles. The Morgan fingerprint density at radius 3 is 2.34 bits per heavy atom. The van der Waals surface area contributed by atoms with Crippen molar-refractivity contribution < 1.29 is 14.3 Å². The van der Waals surface area contributed by atoms with Crippen molar-refractivity contribution in [3.63, 3.8) is 0 Å². The summed E-state index contributed by atoms with van der Waals surface area (Å²) in [5.74, 6) is 0.285. The van der Waals surface area contributed by atoms with E-state index in [0.717, 1.165) is 5.56 Å². The molecule has 0 heterocycles. The van der Waals surface area contributed by atoms with Crippen LogP contribution in [-0.4, -0.2) is 36.4 Å². The van der Waals surface area contributed by atoms with Crippen molar-refractivity contribution in [2.75, 3.05) is 13.7 Å². The first kappa shape index (κ1) is 23.0. The standard InChI is InChI=1S/C22H26Cl2N2O3/c1-4-20(22(28)25-5-2)26(14-15-8-6-9-16(12-15)29-3)21(27)13-17-18(23)10-7-11-19(17)24/h6-12,20H,4-5,13-14H2,1-3H3,(H,25,28)/t20-/m1/s1. The van der Waals surface area contributed by atoms with Crippen molar-refractivity contribution in [3.8, 4) is 5.75 Å². The second-order valence-corrected chi connectivity index (χ2v) is 7.38. The maximum absolute atomic E-state index is 13.3. The third kappa shape index (κ3) is 6.12. The number of likely N-dealkylation sites (N-methyl/N-ethyl adjacent to an activating group) is 1. The van der Waals surface area contributed by atoms with Gasteiger partial charge in [0.1, 0.15) is 11.8 Å². The van der Waals surface area contributed by atoms with Gasteiger partial charge in [0, 0.05) is 23.1 Å². The zero-order valence-corrected chi connectivity index (χ0v) is 18.4. The number of hydrogen-bond donors (Lipinski definition) is 1. The summed E-state index contributed by atoms with van der Waals surface area (Å²) in [4.78, 5) is 27.5. The first-order chi connectivity index (χ1) is 13.9. The smallest absolute Gasteiger partial charge is 0.242 e. The van der Waals surface area contributed by atoms with Crippen LogP contribution in [0.3, 0.4) is 0 Å². The van der Waals surface area contributed by atoms with Crippen LogP contribution in [0, 0.1) is 0 Å². The van der Waals surface area contributed by atoms with Crippen LogP contribution in [0.15, 0.2) is 42.5 Å². The van der Waals surface area contributed by atoms with Gasteiger partial charge in [-0.25, -0.2) is 0 Å². The lowest BCUT2D eigenvalue weighted by atomic mass is 10.1. The van der Waals surface area contributed by atoms with Crippen molar-refractivity contribution in [2.45, 2.75) is 39.3 Å². The number of nitrogens with one attached hydrogen (secondary N) is 1. The number of halogens is 2. The second kappa shape index (κ2) is 11.1. The number of amides is 2. The van der Waals surface area contributed by atoms with Gasteiger partial charge in [0.2, 0.25) is 11.8 Å². The summed E-state index contributed by atoms with van der Waals surface area (Å²) in [7, 11) is 1.59. The fraction of sp³-hybridized carbons (Fsp3) is 0.364. The molecule has 0 aliphatic rings. The highest BCUT2D eigenvalue weighted by Gasteiger charge is 2.29. The van der Waals surface area contributed by atoms with Crippen LogP contribution in [-0.2, 0) is 22.6 Å². The lowest BCUT2D eigenvalue weighted by Crippen LogP contribution is -2.49. The van der Waals surface area contributed by atoms with Gasteiger partial charge in [0.25, 0.3) is 0 Å². The molecule has 0 fully saturated rings. The minimum absolute atomic E-state index is 0.0123. The number of hydrogen-bond acceptors (Lipinski definition) is 3. The molecule has 1 atom stereocenters. The second-order valence-electron chi connectivity index (χ2n) is 6.57. The van der Waals surface area contributed by atoms with Crippen molar-refractivity contribution in [1.29, 1.82) is 0 Å². The van der Waals surface area contributed by atoms with Gasteiger partial charge in [-0.3, -0.25) is 9.59 Å². The third-order valence-electron chi connectivity index (χ3n) is 4.61. The van der Waals surface area contributed by atoms with Crippen molar-refractivity contribution >= 4 is 35.0 Å². The molecule has 0 unspecified atom stereocenters. The molecule has 0 saturated carbocycles. The highest BCUT2D eigenvalue weighted by Crippen LogP contribution is 2.26. The Morgan fingerprint density at radius 1 is 1.10 bits per heavy atom. The SMILES string of the molecule is CCNC(=O)[C@@H](CC)N(Cc1cccc(OC)c1)C(=O)Cc1c(Cl)cccc1Cl. The van der Waals surface area contributed by atoms with E-state index in [0.29, 0.717) is 34.3 Å². The van der Waals surface area contributed by atoms with Gasteiger partial charge in [0.05, 0.1) is 13.5 Å². The van der Waals surface area contributed by atoms with Gasteiger partial charge in [0.15, 0.2) is 0 Å². The van der Waals surface area contributed by atoms with Crippen molar-refractivity contribution in [3.05, 3.63) is 63.6 Å². The number of rotatable bonds is 9. The predicted molar refractivity (Wildman–Crippen MR) is 116 cm³/mol. The fourth-order valence-electron chi connectivity index (χ4n) is 3.13. The molecule has 0 spiro atoms. The van der Waals surface area contributed by atoms with Crippen molar-refractivity contribution in [1.82, 2.24) is 10.2 Å². The van der Waals surface area contributed by atoms with Crippen LogP contribution < -0.4 is 10.1 Å². The van der Waals surface area contributed by atoms with E-state index in [4.69, 9.17) is 27.9 Å². The van der Waals surface area contributed by atoms with Gasteiger partial charge in [-0.05, 0) is 48.7 Å². The molecule has 2 rings (SSSR count). The Bertz CT molecular complexity index is 837. The van der Waals surface area contributed by atoms with Crippen LogP contribution in [0.5, 0.6) is 5.75 Å². The number of methoxy groups -OCH3 is 1. The molecular weight excluding hydrogens is 411 g/mol. The molecule has 2 aromatic rings. The third-order valence-corrected chi connectivity index (χ3v) is 5.32. The average Bonchev–Trinajstić information content (AvgIpc) is 2.71. The van der Waals surface area contributed by atoms with Crippen LogP contribution in [0.2, 0.25) is 10.0 Å². The Balaban J connectivity index is 2.36. The summed E-state index contributed by atoms with van der Waals surface area (Å²) in [6.45, 7) is 4.50. The number of nitrogens with zero attached hydrogens (tertiary/aromatic N) is 1. The monoisotopic (exact) mass is 436 g/mol. The molecule has 0 aliphatic carbocycles. The van der Waals surface area contributed by atoms with E-state index < -0.39 is 6.04 Å². The Labute approximate surface area is 181 Å². The fourth-order valence-corrected chi connectivity index (χ4v) is 3.66. The summed E-state index contributed by atoms with van der Waals surface area (Å²) in [5, 5.41) is 3.68. The molecule has 7 heteroatoms. The van der Waals surface area contributed by atoms with E-state index in [9.17, 15) is 9.59 Å². The molecular formula is C22H26Cl2N2O3. The van der Waals surface area contributed by atoms with Gasteiger partial charge in [-0.2, -0.15) is 0 Å². The summed E-state index contributed by atoms with van der Waals surface area (Å²) in [5.41, 5.74) is 1.42. The van der Waals surface area contributed by atoms with Gasteiger partial charge in [-0.15, -0.1) is 0 Å². The quantitative estimate of drug-likeness (QED) is 0.629. The normalized spacial score (nSPS) is 11.6. The average molecular weight is 437 g/mol. The molecule has 1 N–H and O–H groups in total. The van der Waals surface area contributed by atoms with Crippen LogP contribution in [0.4, 0.5) is 0 Å². The van der Waals surface area contributed by atoms with E-state index in [2.05, 4.69) is 5.32 Å². The molecule has 0 aromatic heterocycles. The van der Waals surface area contributed by atoms with Crippen LogP contribution in [0.1, 0.15) is 31.4 Å². The molecule has 0 saturated heterocycles. The molecule has 2 amide bonds. The van der Waals surface area contributed by atoms with Crippen LogP contribution >= 0.6 is 23.2 Å². The summed E-state index contributed by atoms with van der Waals surface area (Å²) in [6.07, 6.45) is 0.496. The molecule has 29 heavy (non-hydrogen) atoms. The van der Waals surface area contributed by atoms with E-state index >= 15 is 0 Å². The largest absolute Gasteiger partial charge is 0.497 e. The van der Waals surface area contributed by atoms with E-state index in [1.54, 1.807) is 30.2 Å². The van der Waals surface area contributed by atoms with E-state index in [1.807, 2.05) is 38.1 Å². The number of carbonyl (C=O) groups is 2. The minimum Gasteiger partial charge on any atom is -0.497 e. The topological polar surface area (TPSA) is 58.6 Å². The van der Waals surface area contributed by atoms with Gasteiger partial charge < -0.3 is 15.0 Å². The lowest BCUT2D eigenvalue weighted by molar-refractivity contribution is -0.140. The first-order valence-corrected chi connectivity index (χ1v) is 10.3. The minimum atomic E-state index is -0.602. The Morgan fingerprint density at radius 2 is 1.76 bits per heavy atom. The zero-order valence-electron chi connectivity index (χ0n) is 16.9. The highest BCUT2D eigenvalue weighted by atomic mass is 35.5. The van der Waals surface area contributed by atoms with Crippen molar-refractivity contribution in [2.24, 2.45) is 0 Å². The maximum Gasteiger partial charge on any atom is 0.242 e. The Hall–Kier alpha value is -2.24. The highest BCUT2D eigenvalue weighted by molar-refractivity contribution is 6.36. The zero-order chi connectivity index (χ0) is 21.4. The summed E-state index contributed by atoms with van der Waals surface area (Å²) < 4.78 is 5.28. The lowest BCUT2D eigenvalue weighted by Gasteiger charge is -2.31. The number of carbonyl (C=O) groups excluding carboxylic acids is 2. The first-order valence-electron chi connectivity index (χ1n) is 9.54. The predicted octanol–water partition coefficient (Wildman–Crippen LogP) is 4.49.